The molecule has 26 heavy (non-hydrogen) atoms. The highest BCUT2D eigenvalue weighted by Gasteiger charge is 2.15. The maximum absolute atomic E-state index is 13.8. The molecular weight excluding hydrogens is 359 g/mol. The molecule has 0 heterocycles. The maximum atomic E-state index is 13.8. The molecule has 2 aromatic rings. The molecule has 0 aromatic heterocycles. The van der Waals surface area contributed by atoms with Gasteiger partial charge < -0.3 is 9.64 Å². The Balaban J connectivity index is 2.20. The molecule has 0 unspecified atom stereocenters. The molecule has 0 saturated heterocycles. The molecule has 0 aliphatic heterocycles. The van der Waals surface area contributed by atoms with Crippen LogP contribution in [0.4, 0.5) is 10.1 Å². The number of anilines is 1. The van der Waals surface area contributed by atoms with Crippen molar-refractivity contribution in [2.75, 3.05) is 25.1 Å². The number of methoxy groups -OCH3 is 1. The quantitative estimate of drug-likeness (QED) is 0.836. The SMILES string of the molecule is COc1ccc(CN(C)C(=O)c2ccc(C)c(NS(C)(=O)=O)c2)cc1F. The monoisotopic (exact) mass is 380 g/mol. The third-order valence-corrected chi connectivity index (χ3v) is 4.35. The molecule has 1 N–H and O–H groups in total. The van der Waals surface area contributed by atoms with Crippen LogP contribution >= 0.6 is 0 Å². The second kappa shape index (κ2) is 7.74. The van der Waals surface area contributed by atoms with Crippen molar-refractivity contribution in [1.29, 1.82) is 0 Å². The Morgan fingerprint density at radius 1 is 1.23 bits per heavy atom. The van der Waals surface area contributed by atoms with E-state index >= 15 is 0 Å². The van der Waals surface area contributed by atoms with E-state index in [2.05, 4.69) is 4.72 Å². The third-order valence-electron chi connectivity index (χ3n) is 3.76. The molecule has 2 aromatic carbocycles. The molecule has 0 spiro atoms. The minimum Gasteiger partial charge on any atom is -0.494 e. The van der Waals surface area contributed by atoms with E-state index in [0.717, 1.165) is 6.26 Å². The van der Waals surface area contributed by atoms with Gasteiger partial charge in [-0.15, -0.1) is 0 Å². The summed E-state index contributed by atoms with van der Waals surface area (Å²) in [6.07, 6.45) is 1.05. The summed E-state index contributed by atoms with van der Waals surface area (Å²) in [7, 11) is -0.477. The average Bonchev–Trinajstić information content (AvgIpc) is 2.55. The first-order valence-corrected chi connectivity index (χ1v) is 9.66. The molecule has 0 aliphatic carbocycles. The summed E-state index contributed by atoms with van der Waals surface area (Å²) in [4.78, 5) is 14.0. The van der Waals surface area contributed by atoms with Crippen molar-refractivity contribution in [1.82, 2.24) is 4.90 Å². The van der Waals surface area contributed by atoms with Gasteiger partial charge >= 0.3 is 0 Å². The molecule has 6 nitrogen and oxygen atoms in total. The van der Waals surface area contributed by atoms with Gasteiger partial charge in [-0.3, -0.25) is 9.52 Å². The Bertz CT molecular complexity index is 929. The van der Waals surface area contributed by atoms with Crippen LogP contribution in [-0.4, -0.2) is 39.6 Å². The largest absolute Gasteiger partial charge is 0.494 e. The van der Waals surface area contributed by atoms with Crippen LogP contribution in [-0.2, 0) is 16.6 Å². The number of rotatable bonds is 6. The van der Waals surface area contributed by atoms with Gasteiger partial charge in [-0.05, 0) is 42.3 Å². The lowest BCUT2D eigenvalue weighted by molar-refractivity contribution is 0.0785. The molecule has 0 fully saturated rings. The average molecular weight is 380 g/mol. The second-order valence-electron chi connectivity index (χ2n) is 6.03. The van der Waals surface area contributed by atoms with Crippen molar-refractivity contribution in [3.63, 3.8) is 0 Å². The molecule has 0 bridgehead atoms. The van der Waals surface area contributed by atoms with Crippen LogP contribution in [0.15, 0.2) is 36.4 Å². The zero-order chi connectivity index (χ0) is 19.5. The Kier molecular flexibility index (Phi) is 5.86. The lowest BCUT2D eigenvalue weighted by atomic mass is 10.1. The van der Waals surface area contributed by atoms with Crippen LogP contribution in [0.1, 0.15) is 21.5 Å². The molecule has 2 rings (SSSR count). The summed E-state index contributed by atoms with van der Waals surface area (Å²) in [5, 5.41) is 0. The molecule has 0 atom stereocenters. The van der Waals surface area contributed by atoms with E-state index in [1.54, 1.807) is 32.2 Å². The number of carbonyl (C=O) groups excluding carboxylic acids is 1. The van der Waals surface area contributed by atoms with Crippen molar-refractivity contribution in [3.05, 3.63) is 58.9 Å². The first-order valence-electron chi connectivity index (χ1n) is 7.77. The van der Waals surface area contributed by atoms with Crippen LogP contribution < -0.4 is 9.46 Å². The summed E-state index contributed by atoms with van der Waals surface area (Å²) in [5.41, 5.74) is 1.99. The van der Waals surface area contributed by atoms with Gasteiger partial charge in [0.15, 0.2) is 11.6 Å². The number of hydrogen-bond acceptors (Lipinski definition) is 4. The number of nitrogens with one attached hydrogen (secondary N) is 1. The number of nitrogens with zero attached hydrogens (tertiary/aromatic N) is 1. The van der Waals surface area contributed by atoms with Crippen LogP contribution in [0.2, 0.25) is 0 Å². The normalized spacial score (nSPS) is 11.1. The Labute approximate surface area is 152 Å². The highest BCUT2D eigenvalue weighted by molar-refractivity contribution is 7.92. The van der Waals surface area contributed by atoms with Gasteiger partial charge in [-0.2, -0.15) is 0 Å². The van der Waals surface area contributed by atoms with Gasteiger partial charge in [0, 0.05) is 19.2 Å². The van der Waals surface area contributed by atoms with Gasteiger partial charge in [0.2, 0.25) is 10.0 Å². The second-order valence-corrected chi connectivity index (χ2v) is 7.78. The van der Waals surface area contributed by atoms with Gasteiger partial charge in [0.25, 0.3) is 5.91 Å². The van der Waals surface area contributed by atoms with Crippen molar-refractivity contribution in [2.24, 2.45) is 0 Å². The lowest BCUT2D eigenvalue weighted by Gasteiger charge is -2.19. The number of halogens is 1. The predicted molar refractivity (Wildman–Crippen MR) is 98.4 cm³/mol. The first kappa shape index (κ1) is 19.7. The summed E-state index contributed by atoms with van der Waals surface area (Å²) in [5.74, 6) is -0.670. The van der Waals surface area contributed by atoms with E-state index in [1.165, 1.54) is 30.2 Å². The summed E-state index contributed by atoms with van der Waals surface area (Å²) >= 11 is 0. The molecule has 0 radical (unpaired) electrons. The first-order chi connectivity index (χ1) is 12.1. The van der Waals surface area contributed by atoms with Gasteiger partial charge in [-0.25, -0.2) is 12.8 Å². The summed E-state index contributed by atoms with van der Waals surface area (Å²) < 4.78 is 43.9. The minimum absolute atomic E-state index is 0.137. The zero-order valence-corrected chi connectivity index (χ0v) is 15.9. The fourth-order valence-electron chi connectivity index (χ4n) is 2.44. The number of amides is 1. The van der Waals surface area contributed by atoms with Gasteiger partial charge in [0.05, 0.1) is 19.1 Å². The van der Waals surface area contributed by atoms with E-state index in [1.807, 2.05) is 0 Å². The van der Waals surface area contributed by atoms with Crippen molar-refractivity contribution >= 4 is 21.6 Å². The summed E-state index contributed by atoms with van der Waals surface area (Å²) in [6.45, 7) is 1.94. The molecule has 0 saturated carbocycles. The third kappa shape index (κ3) is 4.95. The maximum Gasteiger partial charge on any atom is 0.253 e. The van der Waals surface area contributed by atoms with Crippen molar-refractivity contribution in [3.8, 4) is 5.75 Å². The van der Waals surface area contributed by atoms with E-state index in [4.69, 9.17) is 4.74 Å². The van der Waals surface area contributed by atoms with E-state index < -0.39 is 15.8 Å². The molecular formula is C18H21FN2O4S. The highest BCUT2D eigenvalue weighted by Crippen LogP contribution is 2.21. The Morgan fingerprint density at radius 3 is 2.50 bits per heavy atom. The number of sulfonamides is 1. The van der Waals surface area contributed by atoms with E-state index in [0.29, 0.717) is 22.4 Å². The topological polar surface area (TPSA) is 75.7 Å². The smallest absolute Gasteiger partial charge is 0.253 e. The fourth-order valence-corrected chi connectivity index (χ4v) is 3.06. The highest BCUT2D eigenvalue weighted by atomic mass is 32.2. The van der Waals surface area contributed by atoms with E-state index in [9.17, 15) is 17.6 Å². The lowest BCUT2D eigenvalue weighted by Crippen LogP contribution is -2.26. The fraction of sp³-hybridized carbons (Fsp3) is 0.278. The van der Waals surface area contributed by atoms with Crippen molar-refractivity contribution in [2.45, 2.75) is 13.5 Å². The zero-order valence-electron chi connectivity index (χ0n) is 15.0. The molecule has 140 valence electrons. The Hall–Kier alpha value is -2.61. The van der Waals surface area contributed by atoms with Crippen LogP contribution in [0.5, 0.6) is 5.75 Å². The van der Waals surface area contributed by atoms with E-state index in [-0.39, 0.29) is 18.2 Å². The number of ether oxygens (including phenoxy) is 1. The standard InChI is InChI=1S/C18H21FN2O4S/c1-12-5-7-14(10-16(12)20-26(4,23)24)18(22)21(2)11-13-6-8-17(25-3)15(19)9-13/h5-10,20H,11H2,1-4H3. The minimum atomic E-state index is -3.45. The summed E-state index contributed by atoms with van der Waals surface area (Å²) in [6, 6.07) is 9.27. The Morgan fingerprint density at radius 2 is 1.92 bits per heavy atom. The van der Waals surface area contributed by atoms with Crippen molar-refractivity contribution < 1.29 is 22.3 Å². The predicted octanol–water partition coefficient (Wildman–Crippen LogP) is 2.79. The van der Waals surface area contributed by atoms with Gasteiger partial charge in [0.1, 0.15) is 0 Å². The van der Waals surface area contributed by atoms with Gasteiger partial charge in [-0.1, -0.05) is 12.1 Å². The number of carbonyl (C=O) groups is 1. The number of hydrogen-bond donors (Lipinski definition) is 1. The number of benzene rings is 2. The van der Waals surface area contributed by atoms with Crippen LogP contribution in [0, 0.1) is 12.7 Å². The number of aryl methyl sites for hydroxylation is 1. The molecule has 0 aliphatic rings. The molecule has 8 heteroatoms. The van der Waals surface area contributed by atoms with Crippen LogP contribution in [0.3, 0.4) is 0 Å². The van der Waals surface area contributed by atoms with Crippen LogP contribution in [0.25, 0.3) is 0 Å². The molecule has 1 amide bonds.